The molecule has 0 aliphatic rings. The van der Waals surface area contributed by atoms with Crippen molar-refractivity contribution in [3.63, 3.8) is 0 Å². The van der Waals surface area contributed by atoms with Crippen molar-refractivity contribution in [2.75, 3.05) is 5.75 Å². The number of amides is 3. The van der Waals surface area contributed by atoms with Crippen molar-refractivity contribution in [1.29, 1.82) is 0 Å². The number of aromatic amines is 1. The van der Waals surface area contributed by atoms with Gasteiger partial charge in [0.05, 0.1) is 12.1 Å². The van der Waals surface area contributed by atoms with Crippen molar-refractivity contribution < 1.29 is 39.3 Å². The number of aliphatic carboxylic acids is 2. The molecule has 1 heterocycles. The number of H-pyrrole nitrogens is 1. The maximum atomic E-state index is 12.9. The van der Waals surface area contributed by atoms with Gasteiger partial charge in [-0.1, -0.05) is 18.2 Å². The molecule has 0 aliphatic carbocycles. The predicted molar refractivity (Wildman–Crippen MR) is 136 cm³/mol. The molecule has 9 N–H and O–H groups in total. The molecule has 3 amide bonds. The zero-order valence-electron chi connectivity index (χ0n) is 20.0. The van der Waals surface area contributed by atoms with E-state index in [1.165, 1.54) is 6.92 Å². The largest absolute Gasteiger partial charge is 0.481 e. The number of carbonyl (C=O) groups is 5. The van der Waals surface area contributed by atoms with E-state index in [0.717, 1.165) is 16.5 Å². The van der Waals surface area contributed by atoms with Crippen molar-refractivity contribution in [1.82, 2.24) is 20.9 Å². The Balaban J connectivity index is 2.09. The Bertz CT molecular complexity index is 1140. The molecule has 2 aromatic rings. The van der Waals surface area contributed by atoms with Gasteiger partial charge in [-0.15, -0.1) is 0 Å². The number of carboxylic acids is 2. The number of fused-ring (bicyclic) bond motifs is 1. The minimum absolute atomic E-state index is 0.140. The smallest absolute Gasteiger partial charge is 0.328 e. The summed E-state index contributed by atoms with van der Waals surface area (Å²) in [6.07, 6.45) is -0.310. The van der Waals surface area contributed by atoms with Gasteiger partial charge in [0.1, 0.15) is 12.1 Å². The van der Waals surface area contributed by atoms with E-state index in [9.17, 15) is 29.1 Å². The van der Waals surface area contributed by atoms with E-state index < -0.39 is 66.4 Å². The third-order valence-corrected chi connectivity index (χ3v) is 5.96. The average molecular weight is 538 g/mol. The van der Waals surface area contributed by atoms with Crippen LogP contribution in [0.3, 0.4) is 0 Å². The lowest BCUT2D eigenvalue weighted by atomic mass is 10.0. The van der Waals surface area contributed by atoms with E-state index in [1.54, 1.807) is 6.20 Å². The lowest BCUT2D eigenvalue weighted by Gasteiger charge is -2.25. The highest BCUT2D eigenvalue weighted by Gasteiger charge is 2.31. The van der Waals surface area contributed by atoms with Crippen molar-refractivity contribution in [2.45, 2.75) is 56.5 Å². The third-order valence-electron chi connectivity index (χ3n) is 5.59. The van der Waals surface area contributed by atoms with Crippen LogP contribution < -0.4 is 21.7 Å². The van der Waals surface area contributed by atoms with Crippen LogP contribution in [0.1, 0.15) is 25.3 Å². The summed E-state index contributed by atoms with van der Waals surface area (Å²) >= 11 is 4.00. The van der Waals surface area contributed by atoms with Crippen LogP contribution in [-0.2, 0) is 30.4 Å². The van der Waals surface area contributed by atoms with Crippen molar-refractivity contribution in [2.24, 2.45) is 5.73 Å². The first-order chi connectivity index (χ1) is 17.4. The van der Waals surface area contributed by atoms with Crippen LogP contribution in [0, 0.1) is 0 Å². The first kappa shape index (κ1) is 29.6. The fourth-order valence-corrected chi connectivity index (χ4v) is 3.81. The van der Waals surface area contributed by atoms with Gasteiger partial charge < -0.3 is 42.0 Å². The minimum Gasteiger partial charge on any atom is -0.481 e. The van der Waals surface area contributed by atoms with Crippen LogP contribution >= 0.6 is 12.6 Å². The molecular formula is C23H31N5O8S. The number of aliphatic hydroxyl groups excluding tert-OH is 1. The van der Waals surface area contributed by atoms with Gasteiger partial charge in [0.15, 0.2) is 6.04 Å². The van der Waals surface area contributed by atoms with E-state index in [1.807, 2.05) is 24.3 Å². The van der Waals surface area contributed by atoms with E-state index in [2.05, 4.69) is 33.6 Å². The summed E-state index contributed by atoms with van der Waals surface area (Å²) in [5.41, 5.74) is 7.70. The Hall–Kier alpha value is -3.62. The fourth-order valence-electron chi connectivity index (χ4n) is 3.55. The molecule has 0 spiro atoms. The molecule has 13 nitrogen and oxygen atoms in total. The van der Waals surface area contributed by atoms with Crippen LogP contribution in [0.2, 0.25) is 0 Å². The molecule has 0 radical (unpaired) electrons. The van der Waals surface area contributed by atoms with Gasteiger partial charge in [0.2, 0.25) is 17.7 Å². The second kappa shape index (κ2) is 13.6. The second-order valence-electron chi connectivity index (χ2n) is 8.47. The number of hydrogen-bond donors (Lipinski definition) is 9. The first-order valence-corrected chi connectivity index (χ1v) is 12.0. The lowest BCUT2D eigenvalue weighted by Crippen LogP contribution is -2.59. The summed E-state index contributed by atoms with van der Waals surface area (Å²) in [6.45, 7) is 1.17. The summed E-state index contributed by atoms with van der Waals surface area (Å²) in [6, 6.07) is 2.05. The zero-order valence-corrected chi connectivity index (χ0v) is 20.9. The van der Waals surface area contributed by atoms with Crippen LogP contribution in [0.25, 0.3) is 10.9 Å². The van der Waals surface area contributed by atoms with Gasteiger partial charge in [-0.2, -0.15) is 12.6 Å². The van der Waals surface area contributed by atoms with Crippen molar-refractivity contribution >= 4 is 53.2 Å². The predicted octanol–water partition coefficient (Wildman–Crippen LogP) is -1.25. The number of carbonyl (C=O) groups excluding carboxylic acids is 3. The van der Waals surface area contributed by atoms with E-state index in [0.29, 0.717) is 0 Å². The van der Waals surface area contributed by atoms with Crippen molar-refractivity contribution in [3.8, 4) is 0 Å². The minimum atomic E-state index is -1.63. The highest BCUT2D eigenvalue weighted by molar-refractivity contribution is 7.80. The molecule has 37 heavy (non-hydrogen) atoms. The summed E-state index contributed by atoms with van der Waals surface area (Å²) in [5.74, 6) is -5.46. The Kier molecular flexibility index (Phi) is 10.9. The molecule has 14 heteroatoms. The highest BCUT2D eigenvalue weighted by atomic mass is 32.1. The third kappa shape index (κ3) is 8.48. The molecular weight excluding hydrogens is 506 g/mol. The molecule has 0 bridgehead atoms. The number of rotatable bonds is 14. The normalized spacial score (nSPS) is 15.1. The van der Waals surface area contributed by atoms with Crippen LogP contribution in [0.5, 0.6) is 0 Å². The summed E-state index contributed by atoms with van der Waals surface area (Å²) < 4.78 is 0. The summed E-state index contributed by atoms with van der Waals surface area (Å²) in [5, 5.41) is 35.5. The summed E-state index contributed by atoms with van der Waals surface area (Å²) in [4.78, 5) is 63.6. The molecule has 0 fully saturated rings. The average Bonchev–Trinajstić information content (AvgIpc) is 3.25. The Morgan fingerprint density at radius 3 is 2.22 bits per heavy atom. The quantitative estimate of drug-likeness (QED) is 0.131. The van der Waals surface area contributed by atoms with E-state index >= 15 is 0 Å². The van der Waals surface area contributed by atoms with Crippen LogP contribution in [-0.4, -0.2) is 86.0 Å². The Morgan fingerprint density at radius 2 is 1.62 bits per heavy atom. The van der Waals surface area contributed by atoms with Crippen molar-refractivity contribution in [3.05, 3.63) is 36.0 Å². The van der Waals surface area contributed by atoms with Crippen LogP contribution in [0.15, 0.2) is 30.5 Å². The number of aromatic nitrogens is 1. The monoisotopic (exact) mass is 537 g/mol. The second-order valence-corrected chi connectivity index (χ2v) is 8.84. The zero-order chi connectivity index (χ0) is 27.7. The van der Waals surface area contributed by atoms with E-state index in [-0.39, 0.29) is 18.6 Å². The van der Waals surface area contributed by atoms with Gasteiger partial charge in [-0.3, -0.25) is 19.2 Å². The number of carboxylic acid groups (broad SMARTS) is 2. The number of nitrogens with one attached hydrogen (secondary N) is 4. The first-order valence-electron chi connectivity index (χ1n) is 11.4. The van der Waals surface area contributed by atoms with Gasteiger partial charge in [0, 0.05) is 29.3 Å². The number of nitrogens with two attached hydrogens (primary N) is 1. The number of hydrogen-bond acceptors (Lipinski definition) is 8. The van der Waals surface area contributed by atoms with E-state index in [4.69, 9.17) is 15.9 Å². The molecule has 1 aromatic heterocycles. The molecule has 2 rings (SSSR count). The lowest BCUT2D eigenvalue weighted by molar-refractivity contribution is -0.145. The molecule has 0 aliphatic heterocycles. The highest BCUT2D eigenvalue weighted by Crippen LogP contribution is 2.18. The Labute approximate surface area is 217 Å². The number of thiol groups is 1. The molecule has 0 saturated heterocycles. The molecule has 0 saturated carbocycles. The number of benzene rings is 1. The van der Waals surface area contributed by atoms with Gasteiger partial charge >= 0.3 is 11.9 Å². The summed E-state index contributed by atoms with van der Waals surface area (Å²) in [7, 11) is 0. The standard InChI is InChI=1S/C23H31N5O8S/c1-11(29)19(23(35)36)28-22(34)17(10-37)27-21(33)16(6-7-18(30)31)26-20(32)14(24)8-12-9-25-15-5-3-2-4-13(12)15/h2-5,9,11,14,16-17,19,25,29,37H,6-8,10,24H2,1H3,(H,26,32)(H,27,33)(H,28,34)(H,30,31)(H,35,36). The number of aliphatic hydroxyl groups is 1. The Morgan fingerprint density at radius 1 is 1.00 bits per heavy atom. The molecule has 1 aromatic carbocycles. The fraction of sp³-hybridized carbons (Fsp3) is 0.435. The van der Waals surface area contributed by atoms with Crippen LogP contribution in [0.4, 0.5) is 0 Å². The maximum absolute atomic E-state index is 12.9. The molecule has 5 atom stereocenters. The maximum Gasteiger partial charge on any atom is 0.328 e. The SMILES string of the molecule is CC(O)C(NC(=O)C(CS)NC(=O)C(CCC(=O)O)NC(=O)C(N)Cc1c[nH]c2ccccc12)C(=O)O. The topological polar surface area (TPSA) is 224 Å². The van der Waals surface area contributed by atoms with Gasteiger partial charge in [-0.25, -0.2) is 4.79 Å². The van der Waals surface area contributed by atoms with Gasteiger partial charge in [0.25, 0.3) is 0 Å². The molecule has 202 valence electrons. The molecule has 5 unspecified atom stereocenters. The number of para-hydroxylation sites is 1. The van der Waals surface area contributed by atoms with Gasteiger partial charge in [-0.05, 0) is 31.4 Å².